The number of halogens is 1. The van der Waals surface area contributed by atoms with Crippen LogP contribution < -0.4 is 17.0 Å². The molecule has 13 heavy (non-hydrogen) atoms. The van der Waals surface area contributed by atoms with Crippen LogP contribution in [0.5, 0.6) is 0 Å². The minimum absolute atomic E-state index is 0.281. The summed E-state index contributed by atoms with van der Waals surface area (Å²) < 4.78 is 12.7. The molecule has 0 aliphatic heterocycles. The second kappa shape index (κ2) is 3.10. The van der Waals surface area contributed by atoms with E-state index in [1.807, 2.05) is 0 Å². The number of nitrogen functional groups attached to an aromatic ring is 2. The van der Waals surface area contributed by atoms with E-state index in [2.05, 4.69) is 4.98 Å². The zero-order valence-corrected chi connectivity index (χ0v) is 6.49. The highest BCUT2D eigenvalue weighted by Gasteiger charge is 2.11. The number of nitriles is 1. The third kappa shape index (κ3) is 1.29. The first kappa shape index (κ1) is 8.99. The van der Waals surface area contributed by atoms with E-state index in [0.29, 0.717) is 4.57 Å². The summed E-state index contributed by atoms with van der Waals surface area (Å²) in [5.41, 5.74) is 9.17. The molecule has 0 saturated carbocycles. The number of anilines is 2. The standard InChI is InChI=1S/C6H6FN5O/c7-1-3-4(9)11-6(10)12(2-8)5(3)13/h1,9H2,(H2,10,11). The first-order chi connectivity index (χ1) is 6.11. The van der Waals surface area contributed by atoms with Crippen molar-refractivity contribution in [3.05, 3.63) is 15.9 Å². The van der Waals surface area contributed by atoms with E-state index >= 15 is 0 Å². The molecule has 1 heterocycles. The molecule has 0 aromatic carbocycles. The van der Waals surface area contributed by atoms with Gasteiger partial charge in [-0.3, -0.25) is 4.79 Å². The zero-order chi connectivity index (χ0) is 10.0. The van der Waals surface area contributed by atoms with Crippen LogP contribution >= 0.6 is 0 Å². The van der Waals surface area contributed by atoms with Crippen LogP contribution in [0, 0.1) is 11.5 Å². The fourth-order valence-corrected chi connectivity index (χ4v) is 0.812. The molecule has 0 atom stereocenters. The molecule has 0 spiro atoms. The van der Waals surface area contributed by atoms with Crippen LogP contribution in [0.4, 0.5) is 16.2 Å². The van der Waals surface area contributed by atoms with E-state index in [4.69, 9.17) is 16.7 Å². The molecule has 0 amide bonds. The van der Waals surface area contributed by atoms with Gasteiger partial charge in [0.05, 0.1) is 5.56 Å². The molecule has 0 aliphatic rings. The molecule has 4 N–H and O–H groups in total. The fraction of sp³-hybridized carbons (Fsp3) is 0.167. The van der Waals surface area contributed by atoms with Gasteiger partial charge in [-0.05, 0) is 0 Å². The normalized spacial score (nSPS) is 9.54. The van der Waals surface area contributed by atoms with Crippen LogP contribution in [0.15, 0.2) is 4.79 Å². The van der Waals surface area contributed by atoms with E-state index in [1.54, 1.807) is 0 Å². The highest BCUT2D eigenvalue weighted by molar-refractivity contribution is 5.43. The van der Waals surface area contributed by atoms with Gasteiger partial charge < -0.3 is 11.5 Å². The molecule has 1 aromatic rings. The van der Waals surface area contributed by atoms with Gasteiger partial charge in [-0.15, -0.1) is 0 Å². The summed E-state index contributed by atoms with van der Waals surface area (Å²) in [5.74, 6) is -0.626. The second-order valence-corrected chi connectivity index (χ2v) is 2.21. The predicted molar refractivity (Wildman–Crippen MR) is 43.1 cm³/mol. The molecule has 1 aromatic heterocycles. The molecule has 0 saturated heterocycles. The van der Waals surface area contributed by atoms with Crippen LogP contribution in [0.2, 0.25) is 0 Å². The van der Waals surface area contributed by atoms with Gasteiger partial charge in [0, 0.05) is 0 Å². The van der Waals surface area contributed by atoms with Crippen LogP contribution in [-0.2, 0) is 6.67 Å². The molecule has 0 fully saturated rings. The maximum atomic E-state index is 12.2. The van der Waals surface area contributed by atoms with Crippen molar-refractivity contribution in [2.45, 2.75) is 6.67 Å². The van der Waals surface area contributed by atoms with E-state index in [9.17, 15) is 9.18 Å². The quantitative estimate of drug-likeness (QED) is 0.592. The number of hydrogen-bond acceptors (Lipinski definition) is 5. The van der Waals surface area contributed by atoms with Crippen LogP contribution in [0.1, 0.15) is 5.56 Å². The van der Waals surface area contributed by atoms with Gasteiger partial charge in [-0.2, -0.15) is 14.8 Å². The maximum Gasteiger partial charge on any atom is 0.276 e. The van der Waals surface area contributed by atoms with Gasteiger partial charge in [0.25, 0.3) is 5.56 Å². The Bertz CT molecular complexity index is 432. The second-order valence-electron chi connectivity index (χ2n) is 2.21. The summed E-state index contributed by atoms with van der Waals surface area (Å²) >= 11 is 0. The smallest absolute Gasteiger partial charge is 0.276 e. The number of nitrogens with zero attached hydrogens (tertiary/aromatic N) is 3. The van der Waals surface area contributed by atoms with Gasteiger partial charge in [0.15, 0.2) is 6.19 Å². The molecule has 0 radical (unpaired) electrons. The summed E-state index contributed by atoms with van der Waals surface area (Å²) in [6, 6.07) is 0. The monoisotopic (exact) mass is 183 g/mol. The van der Waals surface area contributed by atoms with Crippen molar-refractivity contribution in [3.63, 3.8) is 0 Å². The summed E-state index contributed by atoms with van der Waals surface area (Å²) in [4.78, 5) is 14.6. The molecular weight excluding hydrogens is 177 g/mol. The Labute approximate surface area is 72.2 Å². The maximum absolute atomic E-state index is 12.2. The SMILES string of the molecule is N#Cn1c(N)nc(N)c(CF)c1=O. The van der Waals surface area contributed by atoms with Crippen LogP contribution in [0.25, 0.3) is 0 Å². The van der Waals surface area contributed by atoms with Crippen molar-refractivity contribution in [1.29, 1.82) is 5.26 Å². The summed E-state index contributed by atoms with van der Waals surface area (Å²) in [5, 5.41) is 8.44. The van der Waals surface area contributed by atoms with Crippen LogP contribution in [0.3, 0.4) is 0 Å². The van der Waals surface area contributed by atoms with Gasteiger partial charge in [-0.25, -0.2) is 4.39 Å². The van der Waals surface area contributed by atoms with Crippen molar-refractivity contribution < 1.29 is 4.39 Å². The van der Waals surface area contributed by atoms with Crippen molar-refractivity contribution in [2.24, 2.45) is 0 Å². The van der Waals surface area contributed by atoms with Crippen LogP contribution in [-0.4, -0.2) is 9.55 Å². The lowest BCUT2D eigenvalue weighted by Gasteiger charge is -2.03. The lowest BCUT2D eigenvalue weighted by Crippen LogP contribution is -2.26. The van der Waals surface area contributed by atoms with Gasteiger partial charge in [0.2, 0.25) is 5.95 Å². The summed E-state index contributed by atoms with van der Waals surface area (Å²) in [7, 11) is 0. The van der Waals surface area contributed by atoms with Gasteiger partial charge in [0.1, 0.15) is 12.5 Å². The topological polar surface area (TPSA) is 111 Å². The van der Waals surface area contributed by atoms with Crippen molar-refractivity contribution >= 4 is 11.8 Å². The first-order valence-corrected chi connectivity index (χ1v) is 3.24. The number of alkyl halides is 1. The first-order valence-electron chi connectivity index (χ1n) is 3.24. The Kier molecular flexibility index (Phi) is 2.15. The predicted octanol–water partition coefficient (Wildman–Crippen LogP) is -0.794. The minimum Gasteiger partial charge on any atom is -0.383 e. The number of aromatic nitrogens is 2. The zero-order valence-electron chi connectivity index (χ0n) is 6.49. The Morgan fingerprint density at radius 3 is 2.69 bits per heavy atom. The third-order valence-electron chi connectivity index (χ3n) is 1.47. The molecule has 0 bridgehead atoms. The largest absolute Gasteiger partial charge is 0.383 e. The van der Waals surface area contributed by atoms with Gasteiger partial charge in [-0.1, -0.05) is 0 Å². The average Bonchev–Trinajstić information content (AvgIpc) is 2.04. The minimum atomic E-state index is -1.07. The number of hydrogen-bond donors (Lipinski definition) is 2. The van der Waals surface area contributed by atoms with E-state index in [1.165, 1.54) is 6.19 Å². The summed E-state index contributed by atoms with van der Waals surface area (Å²) in [6.07, 6.45) is 1.46. The fourth-order valence-electron chi connectivity index (χ4n) is 0.812. The molecule has 6 nitrogen and oxygen atoms in total. The number of nitrogens with two attached hydrogens (primary N) is 2. The lowest BCUT2D eigenvalue weighted by atomic mass is 10.3. The molecular formula is C6H6FN5O. The molecule has 0 aliphatic carbocycles. The third-order valence-corrected chi connectivity index (χ3v) is 1.47. The van der Waals surface area contributed by atoms with Crippen molar-refractivity contribution in [3.8, 4) is 6.19 Å². The lowest BCUT2D eigenvalue weighted by molar-refractivity contribution is 0.481. The Morgan fingerprint density at radius 1 is 1.62 bits per heavy atom. The van der Waals surface area contributed by atoms with E-state index in [0.717, 1.165) is 0 Å². The Morgan fingerprint density at radius 2 is 2.23 bits per heavy atom. The average molecular weight is 183 g/mol. The Hall–Kier alpha value is -2.10. The summed E-state index contributed by atoms with van der Waals surface area (Å²) in [6.45, 7) is -1.07. The van der Waals surface area contributed by atoms with Crippen molar-refractivity contribution in [2.75, 3.05) is 11.5 Å². The molecule has 7 heteroatoms. The van der Waals surface area contributed by atoms with Gasteiger partial charge >= 0.3 is 0 Å². The molecule has 68 valence electrons. The van der Waals surface area contributed by atoms with Crippen molar-refractivity contribution in [1.82, 2.24) is 9.55 Å². The highest BCUT2D eigenvalue weighted by atomic mass is 19.1. The Balaban J connectivity index is 3.61. The number of rotatable bonds is 1. The van der Waals surface area contributed by atoms with E-state index in [-0.39, 0.29) is 17.3 Å². The molecule has 1 rings (SSSR count). The van der Waals surface area contributed by atoms with E-state index < -0.39 is 12.2 Å². The molecule has 0 unspecified atom stereocenters. The highest BCUT2D eigenvalue weighted by Crippen LogP contribution is 2.06.